The first-order chi connectivity index (χ1) is 5.74. The summed E-state index contributed by atoms with van der Waals surface area (Å²) in [4.78, 5) is 4.51. The lowest BCUT2D eigenvalue weighted by Gasteiger charge is -2.15. The van der Waals surface area contributed by atoms with Crippen LogP contribution in [0.15, 0.2) is 29.3 Å². The van der Waals surface area contributed by atoms with E-state index in [2.05, 4.69) is 37.6 Å². The number of hydrogen-bond donors (Lipinski definition) is 0. The highest BCUT2D eigenvalue weighted by Gasteiger charge is 2.09. The second kappa shape index (κ2) is 4.24. The van der Waals surface area contributed by atoms with E-state index in [1.54, 1.807) is 0 Å². The Morgan fingerprint density at radius 3 is 3.08 bits per heavy atom. The second-order valence-corrected chi connectivity index (χ2v) is 3.35. The van der Waals surface area contributed by atoms with E-state index in [1.165, 1.54) is 11.3 Å². The molecule has 0 spiro atoms. The zero-order chi connectivity index (χ0) is 8.97. The monoisotopic (exact) mass is 163 g/mol. The van der Waals surface area contributed by atoms with Crippen molar-refractivity contribution in [2.45, 2.75) is 26.7 Å². The fourth-order valence-electron chi connectivity index (χ4n) is 1.58. The number of hydrogen-bond acceptors (Lipinski definition) is 1. The molecule has 0 aromatic carbocycles. The molecule has 1 aliphatic heterocycles. The van der Waals surface area contributed by atoms with Crippen molar-refractivity contribution in [3.05, 3.63) is 24.3 Å². The van der Waals surface area contributed by atoms with Gasteiger partial charge in [-0.3, -0.25) is 4.99 Å². The van der Waals surface area contributed by atoms with Crippen molar-refractivity contribution in [1.82, 2.24) is 0 Å². The maximum atomic E-state index is 4.51. The quantitative estimate of drug-likeness (QED) is 0.563. The van der Waals surface area contributed by atoms with Crippen molar-refractivity contribution in [1.29, 1.82) is 0 Å². The van der Waals surface area contributed by atoms with E-state index >= 15 is 0 Å². The van der Waals surface area contributed by atoms with Crippen molar-refractivity contribution in [3.8, 4) is 0 Å². The first-order valence-electron chi connectivity index (χ1n) is 4.61. The van der Waals surface area contributed by atoms with Crippen LogP contribution in [0.2, 0.25) is 0 Å². The summed E-state index contributed by atoms with van der Waals surface area (Å²) in [7, 11) is 0. The average molecular weight is 163 g/mol. The minimum atomic E-state index is 0.576. The third-order valence-electron chi connectivity index (χ3n) is 2.25. The van der Waals surface area contributed by atoms with Crippen LogP contribution < -0.4 is 0 Å². The summed E-state index contributed by atoms with van der Waals surface area (Å²) in [6.07, 6.45) is 6.31. The molecule has 0 aliphatic carbocycles. The van der Waals surface area contributed by atoms with Gasteiger partial charge in [0.25, 0.3) is 0 Å². The van der Waals surface area contributed by atoms with Crippen LogP contribution in [0, 0.1) is 5.92 Å². The van der Waals surface area contributed by atoms with Crippen molar-refractivity contribution in [2.24, 2.45) is 10.9 Å². The molecule has 1 rings (SSSR count). The van der Waals surface area contributed by atoms with Crippen molar-refractivity contribution >= 4 is 5.71 Å². The van der Waals surface area contributed by atoms with Gasteiger partial charge in [-0.2, -0.15) is 0 Å². The van der Waals surface area contributed by atoms with E-state index < -0.39 is 0 Å². The topological polar surface area (TPSA) is 12.4 Å². The number of nitrogens with zero attached hydrogens (tertiary/aromatic N) is 1. The summed E-state index contributed by atoms with van der Waals surface area (Å²) >= 11 is 0. The Balaban J connectivity index is 2.73. The average Bonchev–Trinajstić information content (AvgIpc) is 2.01. The van der Waals surface area contributed by atoms with Crippen LogP contribution in [0.3, 0.4) is 0 Å². The van der Waals surface area contributed by atoms with Gasteiger partial charge in [0.2, 0.25) is 0 Å². The van der Waals surface area contributed by atoms with Crippen molar-refractivity contribution in [3.63, 3.8) is 0 Å². The molecule has 0 bridgehead atoms. The maximum Gasteiger partial charge on any atom is 0.0572 e. The molecular formula is C11H17N. The van der Waals surface area contributed by atoms with Gasteiger partial charge in [-0.25, -0.2) is 0 Å². The van der Waals surface area contributed by atoms with Crippen LogP contribution in [-0.2, 0) is 0 Å². The number of allylic oxidation sites excluding steroid dienone is 2. The Morgan fingerprint density at radius 1 is 1.67 bits per heavy atom. The van der Waals surface area contributed by atoms with Gasteiger partial charge in [-0.1, -0.05) is 38.2 Å². The standard InChI is InChI=1S/C11H17N/c1-4-11-10(3)8-9(2)6-5-7-12-11/h5-6,10H,2,4,7-8H2,1,3H3/b6-5-,12-11-. The summed E-state index contributed by atoms with van der Waals surface area (Å²) in [6.45, 7) is 9.22. The summed E-state index contributed by atoms with van der Waals surface area (Å²) in [5.41, 5.74) is 2.56. The van der Waals surface area contributed by atoms with E-state index in [1.807, 2.05) is 0 Å². The minimum absolute atomic E-state index is 0.576. The molecule has 1 unspecified atom stereocenters. The highest BCUT2D eigenvalue weighted by Crippen LogP contribution is 2.16. The molecule has 0 aromatic rings. The summed E-state index contributed by atoms with van der Waals surface area (Å²) in [5.74, 6) is 0.576. The van der Waals surface area contributed by atoms with Crippen molar-refractivity contribution < 1.29 is 0 Å². The Labute approximate surface area is 74.9 Å². The molecule has 1 aliphatic rings. The normalized spacial score (nSPS) is 31.7. The van der Waals surface area contributed by atoms with E-state index in [9.17, 15) is 0 Å². The molecule has 0 saturated heterocycles. The molecule has 1 heterocycles. The molecule has 1 atom stereocenters. The predicted octanol–water partition coefficient (Wildman–Crippen LogP) is 2.99. The minimum Gasteiger partial charge on any atom is -0.290 e. The lowest BCUT2D eigenvalue weighted by Crippen LogP contribution is -2.12. The van der Waals surface area contributed by atoms with E-state index in [0.717, 1.165) is 19.4 Å². The highest BCUT2D eigenvalue weighted by atomic mass is 14.7. The Morgan fingerprint density at radius 2 is 2.42 bits per heavy atom. The van der Waals surface area contributed by atoms with Crippen molar-refractivity contribution in [2.75, 3.05) is 6.54 Å². The lowest BCUT2D eigenvalue weighted by molar-refractivity contribution is 0.747. The molecule has 1 heteroatoms. The molecule has 0 saturated carbocycles. The van der Waals surface area contributed by atoms with E-state index in [-0.39, 0.29) is 0 Å². The van der Waals surface area contributed by atoms with Crippen LogP contribution in [-0.4, -0.2) is 12.3 Å². The van der Waals surface area contributed by atoms with Gasteiger partial charge >= 0.3 is 0 Å². The molecule has 12 heavy (non-hydrogen) atoms. The van der Waals surface area contributed by atoms with Gasteiger partial charge in [0.1, 0.15) is 0 Å². The fourth-order valence-corrected chi connectivity index (χ4v) is 1.58. The highest BCUT2D eigenvalue weighted by molar-refractivity contribution is 5.86. The maximum absolute atomic E-state index is 4.51. The predicted molar refractivity (Wildman–Crippen MR) is 54.7 cm³/mol. The van der Waals surface area contributed by atoms with Crippen LogP contribution in [0.1, 0.15) is 26.7 Å². The van der Waals surface area contributed by atoms with Crippen LogP contribution in [0.25, 0.3) is 0 Å². The fraction of sp³-hybridized carbons (Fsp3) is 0.545. The molecule has 0 radical (unpaired) electrons. The summed E-state index contributed by atoms with van der Waals surface area (Å²) in [5, 5.41) is 0. The van der Waals surface area contributed by atoms with Gasteiger partial charge in [0.05, 0.1) is 6.54 Å². The van der Waals surface area contributed by atoms with Gasteiger partial charge in [0.15, 0.2) is 0 Å². The Hall–Kier alpha value is -0.850. The first-order valence-corrected chi connectivity index (χ1v) is 4.61. The largest absolute Gasteiger partial charge is 0.290 e. The molecule has 0 aromatic heterocycles. The molecular weight excluding hydrogens is 146 g/mol. The van der Waals surface area contributed by atoms with E-state index in [0.29, 0.717) is 5.92 Å². The van der Waals surface area contributed by atoms with Gasteiger partial charge in [-0.05, 0) is 18.8 Å². The first kappa shape index (κ1) is 9.24. The summed E-state index contributed by atoms with van der Waals surface area (Å²) in [6, 6.07) is 0. The van der Waals surface area contributed by atoms with Crippen LogP contribution >= 0.6 is 0 Å². The molecule has 66 valence electrons. The third kappa shape index (κ3) is 2.33. The second-order valence-electron chi connectivity index (χ2n) is 3.35. The lowest BCUT2D eigenvalue weighted by atomic mass is 9.94. The summed E-state index contributed by atoms with van der Waals surface area (Å²) < 4.78 is 0. The Bertz CT molecular complexity index is 223. The molecule has 0 amide bonds. The number of rotatable bonds is 1. The molecule has 1 nitrogen and oxygen atoms in total. The van der Waals surface area contributed by atoms with Gasteiger partial charge in [-0.15, -0.1) is 0 Å². The van der Waals surface area contributed by atoms with Gasteiger partial charge < -0.3 is 0 Å². The van der Waals surface area contributed by atoms with Gasteiger partial charge in [0, 0.05) is 5.71 Å². The number of aliphatic imine (C=N–C) groups is 1. The Kier molecular flexibility index (Phi) is 3.27. The van der Waals surface area contributed by atoms with Crippen LogP contribution in [0.4, 0.5) is 0 Å². The smallest absolute Gasteiger partial charge is 0.0572 e. The molecule has 0 N–H and O–H groups in total. The van der Waals surface area contributed by atoms with Crippen LogP contribution in [0.5, 0.6) is 0 Å². The zero-order valence-corrected chi connectivity index (χ0v) is 8.01. The third-order valence-corrected chi connectivity index (χ3v) is 2.25. The zero-order valence-electron chi connectivity index (χ0n) is 8.01. The molecule has 0 fully saturated rings. The SMILES string of the molecule is C=C1/C=C\C/N=C(/CC)C(C)C1. The van der Waals surface area contributed by atoms with E-state index in [4.69, 9.17) is 0 Å².